The molecule has 2 N–H and O–H groups in total. The van der Waals surface area contributed by atoms with E-state index in [9.17, 15) is 19.8 Å². The smallest absolute Gasteiger partial charge is 0.338 e. The Balaban J connectivity index is 2.69. The molecular weight excluding hydrogens is 312 g/mol. The van der Waals surface area contributed by atoms with Crippen molar-refractivity contribution in [2.45, 2.75) is 13.8 Å². The molecule has 6 heteroatoms. The van der Waals surface area contributed by atoms with E-state index in [1.54, 1.807) is 24.3 Å². The first-order chi connectivity index (χ1) is 11.2. The zero-order valence-corrected chi connectivity index (χ0v) is 13.3. The summed E-state index contributed by atoms with van der Waals surface area (Å²) in [6.07, 6.45) is 0. The molecule has 0 aliphatic heterocycles. The van der Waals surface area contributed by atoms with Crippen LogP contribution >= 0.6 is 0 Å². The molecule has 0 radical (unpaired) electrons. The lowest BCUT2D eigenvalue weighted by Gasteiger charge is -2.15. The molecule has 0 aromatic heterocycles. The van der Waals surface area contributed by atoms with Crippen LogP contribution in [0.4, 0.5) is 0 Å². The van der Waals surface area contributed by atoms with Gasteiger partial charge in [-0.05, 0) is 13.8 Å². The van der Waals surface area contributed by atoms with Gasteiger partial charge < -0.3 is 19.7 Å². The van der Waals surface area contributed by atoms with Gasteiger partial charge in [0, 0.05) is 21.9 Å². The van der Waals surface area contributed by atoms with E-state index in [2.05, 4.69) is 13.2 Å². The SMILES string of the molecule is C=C(C)C(=O)Oc1c(O)c(O)c(OC(=O)C(=C)C)c2ccccc12. The monoisotopic (exact) mass is 328 g/mol. The molecule has 2 rings (SSSR count). The third-order valence-corrected chi connectivity index (χ3v) is 3.16. The Hall–Kier alpha value is -3.28. The zero-order valence-electron chi connectivity index (χ0n) is 13.3. The van der Waals surface area contributed by atoms with E-state index in [0.29, 0.717) is 0 Å². The third kappa shape index (κ3) is 3.08. The third-order valence-electron chi connectivity index (χ3n) is 3.16. The number of rotatable bonds is 4. The summed E-state index contributed by atoms with van der Waals surface area (Å²) in [6.45, 7) is 9.82. The second-order valence-electron chi connectivity index (χ2n) is 5.24. The first-order valence-electron chi connectivity index (χ1n) is 6.96. The van der Waals surface area contributed by atoms with Gasteiger partial charge in [-0.25, -0.2) is 9.59 Å². The normalized spacial score (nSPS) is 10.2. The van der Waals surface area contributed by atoms with Gasteiger partial charge in [0.25, 0.3) is 0 Å². The summed E-state index contributed by atoms with van der Waals surface area (Å²) in [5, 5.41) is 20.9. The van der Waals surface area contributed by atoms with Crippen LogP contribution in [-0.4, -0.2) is 22.2 Å². The van der Waals surface area contributed by atoms with Gasteiger partial charge >= 0.3 is 11.9 Å². The summed E-state index contributed by atoms with van der Waals surface area (Å²) in [6, 6.07) is 6.38. The molecule has 0 saturated heterocycles. The molecule has 0 aliphatic carbocycles. The first kappa shape index (κ1) is 17.1. The van der Waals surface area contributed by atoms with Crippen molar-refractivity contribution < 1.29 is 29.3 Å². The molecule has 0 amide bonds. The highest BCUT2D eigenvalue weighted by Gasteiger charge is 2.24. The van der Waals surface area contributed by atoms with Crippen LogP contribution in [0.15, 0.2) is 48.6 Å². The number of ether oxygens (including phenoxy) is 2. The quantitative estimate of drug-likeness (QED) is 0.387. The molecule has 0 heterocycles. The number of carbonyl (C=O) groups is 2. The fourth-order valence-electron chi connectivity index (χ4n) is 1.92. The van der Waals surface area contributed by atoms with Crippen LogP contribution in [-0.2, 0) is 9.59 Å². The summed E-state index contributed by atoms with van der Waals surface area (Å²) < 4.78 is 10.2. The number of carbonyl (C=O) groups excluding carboxylic acids is 2. The molecule has 2 aromatic rings. The number of fused-ring (bicyclic) bond motifs is 1. The van der Waals surface area contributed by atoms with Crippen LogP contribution in [0, 0.1) is 0 Å². The second kappa shape index (κ2) is 6.45. The predicted molar refractivity (Wildman–Crippen MR) is 88.2 cm³/mol. The van der Waals surface area contributed by atoms with Gasteiger partial charge in [-0.1, -0.05) is 37.4 Å². The molecule has 0 saturated carbocycles. The molecule has 0 bridgehead atoms. The number of hydrogen-bond acceptors (Lipinski definition) is 6. The van der Waals surface area contributed by atoms with Crippen molar-refractivity contribution in [1.82, 2.24) is 0 Å². The Morgan fingerprint density at radius 2 is 1.17 bits per heavy atom. The summed E-state index contributed by atoms with van der Waals surface area (Å²) in [4.78, 5) is 23.5. The van der Waals surface area contributed by atoms with Gasteiger partial charge in [-0.2, -0.15) is 0 Å². The topological polar surface area (TPSA) is 93.1 Å². The Kier molecular flexibility index (Phi) is 4.59. The second-order valence-corrected chi connectivity index (χ2v) is 5.24. The van der Waals surface area contributed by atoms with Crippen LogP contribution in [0.3, 0.4) is 0 Å². The highest BCUT2D eigenvalue weighted by atomic mass is 16.6. The number of aromatic hydroxyl groups is 2. The Morgan fingerprint density at radius 3 is 1.46 bits per heavy atom. The van der Waals surface area contributed by atoms with Gasteiger partial charge in [0.05, 0.1) is 0 Å². The van der Waals surface area contributed by atoms with Crippen LogP contribution in [0.1, 0.15) is 13.8 Å². The highest BCUT2D eigenvalue weighted by Crippen LogP contribution is 2.50. The zero-order chi connectivity index (χ0) is 18.0. The maximum atomic E-state index is 11.8. The van der Waals surface area contributed by atoms with Gasteiger partial charge in [-0.15, -0.1) is 0 Å². The molecule has 0 aliphatic rings. The van der Waals surface area contributed by atoms with Gasteiger partial charge in [0.2, 0.25) is 11.5 Å². The molecule has 0 unspecified atom stereocenters. The number of benzene rings is 2. The lowest BCUT2D eigenvalue weighted by molar-refractivity contribution is -0.131. The average molecular weight is 328 g/mol. The summed E-state index contributed by atoms with van der Waals surface area (Å²) in [5.41, 5.74) is 0.242. The minimum atomic E-state index is -0.762. The van der Waals surface area contributed by atoms with E-state index in [0.717, 1.165) is 0 Å². The van der Waals surface area contributed by atoms with E-state index < -0.39 is 23.4 Å². The van der Waals surface area contributed by atoms with E-state index in [4.69, 9.17) is 9.47 Å². The maximum absolute atomic E-state index is 11.8. The van der Waals surface area contributed by atoms with Gasteiger partial charge in [0.1, 0.15) is 0 Å². The number of phenols is 2. The fraction of sp³-hybridized carbons (Fsp3) is 0.111. The lowest BCUT2D eigenvalue weighted by atomic mass is 10.1. The average Bonchev–Trinajstić information content (AvgIpc) is 2.54. The van der Waals surface area contributed by atoms with Crippen molar-refractivity contribution >= 4 is 22.7 Å². The van der Waals surface area contributed by atoms with Crippen molar-refractivity contribution in [3.05, 3.63) is 48.6 Å². The lowest BCUT2D eigenvalue weighted by Crippen LogP contribution is -2.11. The van der Waals surface area contributed by atoms with E-state index >= 15 is 0 Å². The van der Waals surface area contributed by atoms with Crippen LogP contribution in [0.5, 0.6) is 23.0 Å². The van der Waals surface area contributed by atoms with Crippen molar-refractivity contribution in [1.29, 1.82) is 0 Å². The number of esters is 2. The minimum Gasteiger partial charge on any atom is -0.502 e. The van der Waals surface area contributed by atoms with Crippen molar-refractivity contribution in [2.75, 3.05) is 0 Å². The minimum absolute atomic E-state index is 0.121. The summed E-state index contributed by atoms with van der Waals surface area (Å²) >= 11 is 0. The van der Waals surface area contributed by atoms with Crippen molar-refractivity contribution in [2.24, 2.45) is 0 Å². The fourth-order valence-corrected chi connectivity index (χ4v) is 1.92. The highest BCUT2D eigenvalue weighted by molar-refractivity contribution is 6.03. The molecule has 0 atom stereocenters. The Bertz CT molecular complexity index is 806. The molecule has 6 nitrogen and oxygen atoms in total. The Labute approximate surface area is 138 Å². The van der Waals surface area contributed by atoms with E-state index in [1.165, 1.54) is 13.8 Å². The van der Waals surface area contributed by atoms with Crippen molar-refractivity contribution in [3.8, 4) is 23.0 Å². The number of phenolic OH excluding ortho intramolecular Hbond substituents is 2. The van der Waals surface area contributed by atoms with Gasteiger partial charge in [-0.3, -0.25) is 0 Å². The van der Waals surface area contributed by atoms with E-state index in [1.807, 2.05) is 0 Å². The number of hydrogen-bond donors (Lipinski definition) is 2. The predicted octanol–water partition coefficient (Wildman–Crippen LogP) is 3.21. The summed E-state index contributed by atoms with van der Waals surface area (Å²) in [7, 11) is 0. The van der Waals surface area contributed by atoms with E-state index in [-0.39, 0.29) is 33.4 Å². The Morgan fingerprint density at radius 1 is 0.833 bits per heavy atom. The molecule has 0 spiro atoms. The molecule has 2 aromatic carbocycles. The maximum Gasteiger partial charge on any atom is 0.338 e. The van der Waals surface area contributed by atoms with Crippen LogP contribution in [0.2, 0.25) is 0 Å². The van der Waals surface area contributed by atoms with Crippen LogP contribution < -0.4 is 9.47 Å². The standard InChI is InChI=1S/C18H16O6/c1-9(2)17(21)23-15-11-7-5-6-8-12(11)16(14(20)13(15)19)24-18(22)10(3)4/h5-8,19-20H,1,3H2,2,4H3. The van der Waals surface area contributed by atoms with Crippen LogP contribution in [0.25, 0.3) is 10.8 Å². The van der Waals surface area contributed by atoms with Crippen molar-refractivity contribution in [3.63, 3.8) is 0 Å². The molecule has 0 fully saturated rings. The molecular formula is C18H16O6. The largest absolute Gasteiger partial charge is 0.502 e. The molecule has 124 valence electrons. The van der Waals surface area contributed by atoms with Gasteiger partial charge in [0.15, 0.2) is 11.5 Å². The first-order valence-corrected chi connectivity index (χ1v) is 6.96. The molecule has 24 heavy (non-hydrogen) atoms. The summed E-state index contributed by atoms with van der Waals surface area (Å²) in [5.74, 6) is -3.44.